The summed E-state index contributed by atoms with van der Waals surface area (Å²) >= 11 is 0. The molecule has 14 heavy (non-hydrogen) atoms. The third-order valence-electron chi connectivity index (χ3n) is 2.28. The summed E-state index contributed by atoms with van der Waals surface area (Å²) in [5.74, 6) is 0.0931. The van der Waals surface area contributed by atoms with Crippen LogP contribution in [0.2, 0.25) is 0 Å². The van der Waals surface area contributed by atoms with Gasteiger partial charge in [-0.25, -0.2) is 0 Å². The molecule has 1 rings (SSSR count). The van der Waals surface area contributed by atoms with Gasteiger partial charge >= 0.3 is 0 Å². The van der Waals surface area contributed by atoms with Gasteiger partial charge in [0.15, 0.2) is 5.78 Å². The predicted molar refractivity (Wildman–Crippen MR) is 56.7 cm³/mol. The summed E-state index contributed by atoms with van der Waals surface area (Å²) in [4.78, 5) is 11.4. The summed E-state index contributed by atoms with van der Waals surface area (Å²) in [6.45, 7) is 11.7. The number of nitrogens with zero attached hydrogens (tertiary/aromatic N) is 2. The van der Waals surface area contributed by atoms with Gasteiger partial charge in [-0.1, -0.05) is 0 Å². The van der Waals surface area contributed by atoms with Crippen molar-refractivity contribution in [1.29, 1.82) is 0 Å². The molecule has 1 aromatic heterocycles. The fraction of sp³-hybridized carbons (Fsp3) is 0.636. The molecule has 78 valence electrons. The molecule has 0 aromatic carbocycles. The lowest BCUT2D eigenvalue weighted by molar-refractivity contribution is 0.101. The first-order chi connectivity index (χ1) is 6.25. The van der Waals surface area contributed by atoms with E-state index >= 15 is 0 Å². The minimum Gasteiger partial charge on any atom is -0.294 e. The van der Waals surface area contributed by atoms with E-state index in [1.165, 1.54) is 0 Å². The Morgan fingerprint density at radius 2 is 1.79 bits per heavy atom. The van der Waals surface area contributed by atoms with Gasteiger partial charge in [-0.05, 0) is 41.5 Å². The Labute approximate surface area is 85.1 Å². The fourth-order valence-corrected chi connectivity index (χ4v) is 1.81. The van der Waals surface area contributed by atoms with Crippen molar-refractivity contribution in [2.24, 2.45) is 0 Å². The third-order valence-corrected chi connectivity index (χ3v) is 2.28. The molecule has 3 nitrogen and oxygen atoms in total. The molecule has 0 bridgehead atoms. The van der Waals surface area contributed by atoms with Crippen molar-refractivity contribution in [3.8, 4) is 0 Å². The molecule has 1 heterocycles. The third kappa shape index (κ3) is 1.72. The number of rotatable bonds is 1. The molecule has 0 radical (unpaired) electrons. The van der Waals surface area contributed by atoms with Crippen molar-refractivity contribution in [2.75, 3.05) is 0 Å². The molecule has 0 unspecified atom stereocenters. The maximum absolute atomic E-state index is 11.4. The standard InChI is InChI=1S/C11H18N2O/c1-7-10(9(3)14)8(2)13(12-7)11(4,5)6/h1-6H3. The summed E-state index contributed by atoms with van der Waals surface area (Å²) in [6, 6.07) is 0. The van der Waals surface area contributed by atoms with Gasteiger partial charge in [0.05, 0.1) is 16.8 Å². The van der Waals surface area contributed by atoms with E-state index in [0.717, 1.165) is 17.0 Å². The van der Waals surface area contributed by atoms with Gasteiger partial charge in [0.25, 0.3) is 0 Å². The molecule has 1 aromatic rings. The van der Waals surface area contributed by atoms with Gasteiger partial charge in [0, 0.05) is 5.69 Å². The summed E-state index contributed by atoms with van der Waals surface area (Å²) in [6.07, 6.45) is 0. The van der Waals surface area contributed by atoms with Gasteiger partial charge in [-0.2, -0.15) is 5.10 Å². The first kappa shape index (κ1) is 11.0. The summed E-state index contributed by atoms with van der Waals surface area (Å²) in [5, 5.41) is 4.40. The Morgan fingerprint density at radius 1 is 1.29 bits per heavy atom. The highest BCUT2D eigenvalue weighted by atomic mass is 16.1. The van der Waals surface area contributed by atoms with E-state index in [2.05, 4.69) is 25.9 Å². The van der Waals surface area contributed by atoms with E-state index in [9.17, 15) is 4.79 Å². The van der Waals surface area contributed by atoms with Crippen LogP contribution in [-0.4, -0.2) is 15.6 Å². The second-order valence-electron chi connectivity index (χ2n) is 4.68. The first-order valence-electron chi connectivity index (χ1n) is 4.82. The van der Waals surface area contributed by atoms with Crippen LogP contribution < -0.4 is 0 Å². The van der Waals surface area contributed by atoms with E-state index in [-0.39, 0.29) is 11.3 Å². The average Bonchev–Trinajstić information content (AvgIpc) is 2.24. The van der Waals surface area contributed by atoms with Crippen molar-refractivity contribution in [1.82, 2.24) is 9.78 Å². The van der Waals surface area contributed by atoms with Crippen molar-refractivity contribution in [3.05, 3.63) is 17.0 Å². The van der Waals surface area contributed by atoms with E-state index < -0.39 is 0 Å². The molecule has 0 N–H and O–H groups in total. The molecule has 0 aliphatic heterocycles. The van der Waals surface area contributed by atoms with E-state index in [1.54, 1.807) is 6.92 Å². The first-order valence-corrected chi connectivity index (χ1v) is 4.82. The highest BCUT2D eigenvalue weighted by Crippen LogP contribution is 2.21. The monoisotopic (exact) mass is 194 g/mol. The van der Waals surface area contributed by atoms with E-state index in [0.29, 0.717) is 0 Å². The molecule has 3 heteroatoms. The Morgan fingerprint density at radius 3 is 2.00 bits per heavy atom. The number of ketones is 1. The number of hydrogen-bond acceptors (Lipinski definition) is 2. The van der Waals surface area contributed by atoms with Crippen LogP contribution in [0.1, 0.15) is 49.4 Å². The zero-order chi connectivity index (χ0) is 11.1. The predicted octanol–water partition coefficient (Wildman–Crippen LogP) is 2.46. The maximum Gasteiger partial charge on any atom is 0.163 e. The Balaban J connectivity index is 3.39. The summed E-state index contributed by atoms with van der Waals surface area (Å²) in [7, 11) is 0. The van der Waals surface area contributed by atoms with Crippen LogP contribution in [0, 0.1) is 13.8 Å². The van der Waals surface area contributed by atoms with Crippen LogP contribution in [0.3, 0.4) is 0 Å². The maximum atomic E-state index is 11.4. The van der Waals surface area contributed by atoms with Crippen LogP contribution in [0.5, 0.6) is 0 Å². The molecule has 0 aliphatic carbocycles. The summed E-state index contributed by atoms with van der Waals surface area (Å²) in [5.41, 5.74) is 2.48. The number of carbonyl (C=O) groups is 1. The van der Waals surface area contributed by atoms with E-state index in [1.807, 2.05) is 18.5 Å². The van der Waals surface area contributed by atoms with Crippen LogP contribution in [0.4, 0.5) is 0 Å². The van der Waals surface area contributed by atoms with Crippen LogP contribution in [0.15, 0.2) is 0 Å². The molecule has 0 atom stereocenters. The lowest BCUT2D eigenvalue weighted by atomic mass is 10.1. The van der Waals surface area contributed by atoms with Crippen LogP contribution in [0.25, 0.3) is 0 Å². The largest absolute Gasteiger partial charge is 0.294 e. The van der Waals surface area contributed by atoms with Gasteiger partial charge in [0.2, 0.25) is 0 Å². The molecule has 0 amide bonds. The molecule has 0 spiro atoms. The Hall–Kier alpha value is -1.12. The lowest BCUT2D eigenvalue weighted by Gasteiger charge is -2.21. The smallest absolute Gasteiger partial charge is 0.163 e. The minimum atomic E-state index is -0.0669. The molecular formula is C11H18N2O. The second-order valence-corrected chi connectivity index (χ2v) is 4.68. The van der Waals surface area contributed by atoms with Gasteiger partial charge in [-0.15, -0.1) is 0 Å². The summed E-state index contributed by atoms with van der Waals surface area (Å²) < 4.78 is 1.92. The molecule has 0 saturated heterocycles. The zero-order valence-electron chi connectivity index (χ0n) is 9.80. The Bertz CT molecular complexity index is 369. The number of hydrogen-bond donors (Lipinski definition) is 0. The van der Waals surface area contributed by atoms with Crippen LogP contribution in [-0.2, 0) is 5.54 Å². The van der Waals surface area contributed by atoms with Crippen LogP contribution >= 0.6 is 0 Å². The van der Waals surface area contributed by atoms with Crippen molar-refractivity contribution in [2.45, 2.75) is 47.1 Å². The highest BCUT2D eigenvalue weighted by molar-refractivity contribution is 5.96. The second kappa shape index (κ2) is 3.23. The molecule has 0 saturated carbocycles. The van der Waals surface area contributed by atoms with Crippen molar-refractivity contribution in [3.63, 3.8) is 0 Å². The molecular weight excluding hydrogens is 176 g/mol. The number of aryl methyl sites for hydroxylation is 1. The topological polar surface area (TPSA) is 34.9 Å². The van der Waals surface area contributed by atoms with Gasteiger partial charge < -0.3 is 0 Å². The number of carbonyl (C=O) groups excluding carboxylic acids is 1. The quantitative estimate of drug-likeness (QED) is 0.644. The molecule has 0 aliphatic rings. The van der Waals surface area contributed by atoms with Crippen molar-refractivity contribution < 1.29 is 4.79 Å². The highest BCUT2D eigenvalue weighted by Gasteiger charge is 2.22. The van der Waals surface area contributed by atoms with Gasteiger partial charge in [0.1, 0.15) is 0 Å². The SMILES string of the molecule is CC(=O)c1c(C)nn(C(C)(C)C)c1C. The lowest BCUT2D eigenvalue weighted by Crippen LogP contribution is -2.24. The average molecular weight is 194 g/mol. The fourth-order valence-electron chi connectivity index (χ4n) is 1.81. The zero-order valence-corrected chi connectivity index (χ0v) is 9.80. The number of Topliss-reactive ketones (excluding diaryl/α,β-unsaturated/α-hetero) is 1. The van der Waals surface area contributed by atoms with Gasteiger partial charge in [-0.3, -0.25) is 9.48 Å². The molecule has 0 fully saturated rings. The minimum absolute atomic E-state index is 0.0669. The van der Waals surface area contributed by atoms with E-state index in [4.69, 9.17) is 0 Å². The number of aromatic nitrogens is 2. The van der Waals surface area contributed by atoms with Crippen molar-refractivity contribution >= 4 is 5.78 Å². The normalized spacial score (nSPS) is 11.9. The Kier molecular flexibility index (Phi) is 2.52.